The molecule has 1 N–H and O–H groups in total. The lowest BCUT2D eigenvalue weighted by Crippen LogP contribution is -2.27. The van der Waals surface area contributed by atoms with E-state index < -0.39 is 0 Å². The Morgan fingerprint density at radius 3 is 2.77 bits per heavy atom. The minimum Gasteiger partial charge on any atom is -0.497 e. The summed E-state index contributed by atoms with van der Waals surface area (Å²) in [6.45, 7) is 0.815. The van der Waals surface area contributed by atoms with E-state index in [1.54, 1.807) is 7.11 Å². The van der Waals surface area contributed by atoms with Gasteiger partial charge in [0, 0.05) is 35.5 Å². The molecular weight excluding hydrogens is 375 g/mol. The Morgan fingerprint density at radius 1 is 1.10 bits per heavy atom. The van der Waals surface area contributed by atoms with Gasteiger partial charge in [-0.25, -0.2) is 9.97 Å². The van der Waals surface area contributed by atoms with Gasteiger partial charge in [0.25, 0.3) is 0 Å². The van der Waals surface area contributed by atoms with Crippen molar-refractivity contribution in [3.63, 3.8) is 0 Å². The van der Waals surface area contributed by atoms with Crippen molar-refractivity contribution >= 4 is 30.7 Å². The predicted octanol–water partition coefficient (Wildman–Crippen LogP) is 4.14. The standard InChI is InChI=1S/C23H22BN4O2/c1-30-20-11-5-10-19(13-20)25-22-14-21(17-7-3-2-4-8-17)26-23(27-22)18-9-6-12-28(15-18)24-16-29/h2-5,7-8,10-11,13-16H,6,9,12H2,1H3,(H,25,26,27). The highest BCUT2D eigenvalue weighted by molar-refractivity contribution is 6.64. The van der Waals surface area contributed by atoms with Gasteiger partial charge < -0.3 is 19.7 Å². The molecule has 0 bridgehead atoms. The summed E-state index contributed by atoms with van der Waals surface area (Å²) in [5.74, 6) is 2.13. The van der Waals surface area contributed by atoms with Crippen molar-refractivity contribution < 1.29 is 9.53 Å². The van der Waals surface area contributed by atoms with E-state index in [9.17, 15) is 4.79 Å². The fourth-order valence-electron chi connectivity index (χ4n) is 3.41. The average Bonchev–Trinajstić information content (AvgIpc) is 2.80. The Balaban J connectivity index is 1.74. The molecule has 1 aliphatic rings. The van der Waals surface area contributed by atoms with Crippen LogP contribution in [0.4, 0.5) is 11.5 Å². The highest BCUT2D eigenvalue weighted by atomic mass is 16.5. The number of aromatic nitrogens is 2. The lowest BCUT2D eigenvalue weighted by Gasteiger charge is -2.24. The van der Waals surface area contributed by atoms with Gasteiger partial charge in [-0.1, -0.05) is 36.4 Å². The van der Waals surface area contributed by atoms with Crippen LogP contribution in [0.15, 0.2) is 66.9 Å². The molecule has 0 atom stereocenters. The second-order valence-corrected chi connectivity index (χ2v) is 6.97. The van der Waals surface area contributed by atoms with Crippen molar-refractivity contribution in [3.8, 4) is 17.0 Å². The smallest absolute Gasteiger partial charge is 0.328 e. The molecule has 2 heterocycles. The molecule has 2 aromatic carbocycles. The fourth-order valence-corrected chi connectivity index (χ4v) is 3.41. The van der Waals surface area contributed by atoms with Gasteiger partial charge in [-0.15, -0.1) is 0 Å². The number of allylic oxidation sites excluding steroid dienone is 1. The molecule has 0 saturated carbocycles. The first-order valence-corrected chi connectivity index (χ1v) is 9.86. The molecular formula is C23H22BN4O2. The van der Waals surface area contributed by atoms with Crippen LogP contribution in [0.25, 0.3) is 16.8 Å². The Morgan fingerprint density at radius 2 is 1.97 bits per heavy atom. The van der Waals surface area contributed by atoms with Crippen molar-refractivity contribution in [1.29, 1.82) is 0 Å². The number of nitrogens with one attached hydrogen (secondary N) is 1. The maximum absolute atomic E-state index is 10.9. The van der Waals surface area contributed by atoms with Gasteiger partial charge in [-0.3, -0.25) is 0 Å². The van der Waals surface area contributed by atoms with Crippen LogP contribution in [-0.4, -0.2) is 42.0 Å². The van der Waals surface area contributed by atoms with Crippen LogP contribution in [0.5, 0.6) is 5.75 Å². The molecule has 0 saturated heterocycles. The number of nitrogens with zero attached hydrogens (tertiary/aromatic N) is 3. The molecule has 0 unspecified atom stereocenters. The number of methoxy groups -OCH3 is 1. The molecule has 0 amide bonds. The van der Waals surface area contributed by atoms with Gasteiger partial charge in [0.2, 0.25) is 0 Å². The van der Waals surface area contributed by atoms with Gasteiger partial charge in [0.1, 0.15) is 17.8 Å². The van der Waals surface area contributed by atoms with Gasteiger partial charge in [-0.05, 0) is 31.2 Å². The van der Waals surface area contributed by atoms with E-state index in [4.69, 9.17) is 14.7 Å². The lowest BCUT2D eigenvalue weighted by atomic mass is 9.91. The zero-order valence-corrected chi connectivity index (χ0v) is 16.8. The Bertz CT molecular complexity index is 1060. The third-order valence-corrected chi connectivity index (χ3v) is 4.86. The van der Waals surface area contributed by atoms with Crippen LogP contribution in [-0.2, 0) is 4.79 Å². The van der Waals surface area contributed by atoms with Crippen molar-refractivity contribution in [3.05, 3.63) is 72.7 Å². The first-order chi connectivity index (χ1) is 14.7. The number of hydrogen-bond acceptors (Lipinski definition) is 6. The number of rotatable bonds is 7. The van der Waals surface area contributed by atoms with E-state index in [-0.39, 0.29) is 0 Å². The third-order valence-electron chi connectivity index (χ3n) is 4.86. The molecule has 30 heavy (non-hydrogen) atoms. The van der Waals surface area contributed by atoms with E-state index in [2.05, 4.69) is 5.32 Å². The predicted molar refractivity (Wildman–Crippen MR) is 120 cm³/mol. The summed E-state index contributed by atoms with van der Waals surface area (Å²) in [6, 6.07) is 19.7. The van der Waals surface area contributed by atoms with Crippen molar-refractivity contribution in [1.82, 2.24) is 14.8 Å². The van der Waals surface area contributed by atoms with Gasteiger partial charge in [0.05, 0.1) is 12.8 Å². The largest absolute Gasteiger partial charge is 0.497 e. The summed E-state index contributed by atoms with van der Waals surface area (Å²) in [6.07, 6.45) is 4.56. The number of benzene rings is 2. The molecule has 1 aromatic heterocycles. The number of ether oxygens (including phenoxy) is 1. The van der Waals surface area contributed by atoms with Gasteiger partial charge >= 0.3 is 7.41 Å². The Kier molecular flexibility index (Phi) is 6.08. The molecule has 6 nitrogen and oxygen atoms in total. The summed E-state index contributed by atoms with van der Waals surface area (Å²) in [5.41, 5.74) is 3.74. The maximum Gasteiger partial charge on any atom is 0.328 e. The summed E-state index contributed by atoms with van der Waals surface area (Å²) in [7, 11) is 3.18. The van der Waals surface area contributed by atoms with Crippen molar-refractivity contribution in [2.75, 3.05) is 19.0 Å². The van der Waals surface area contributed by atoms with Crippen molar-refractivity contribution in [2.45, 2.75) is 12.8 Å². The molecule has 4 rings (SSSR count). The molecule has 1 aliphatic heterocycles. The highest BCUT2D eigenvalue weighted by Gasteiger charge is 2.16. The maximum atomic E-state index is 10.9. The second kappa shape index (κ2) is 9.26. The first-order valence-electron chi connectivity index (χ1n) is 9.86. The zero-order chi connectivity index (χ0) is 20.8. The van der Waals surface area contributed by atoms with Crippen LogP contribution < -0.4 is 10.1 Å². The number of anilines is 2. The fraction of sp³-hybridized carbons (Fsp3) is 0.174. The second-order valence-electron chi connectivity index (χ2n) is 6.97. The zero-order valence-electron chi connectivity index (χ0n) is 16.8. The minimum atomic E-state index is 0.658. The normalized spacial score (nSPS) is 13.4. The van der Waals surface area contributed by atoms with Crippen LogP contribution in [0, 0.1) is 0 Å². The molecule has 3 aromatic rings. The quantitative estimate of drug-likeness (QED) is 0.478. The van der Waals surface area contributed by atoms with E-state index in [0.29, 0.717) is 11.6 Å². The average molecular weight is 397 g/mol. The summed E-state index contributed by atoms with van der Waals surface area (Å²) >= 11 is 0. The SMILES string of the molecule is COc1cccc(Nc2cc(-c3ccccc3)nc(C3=CN([B]C=O)CCC3)n2)c1. The van der Waals surface area contributed by atoms with E-state index in [0.717, 1.165) is 53.8 Å². The van der Waals surface area contributed by atoms with Crippen LogP contribution in [0.3, 0.4) is 0 Å². The minimum absolute atomic E-state index is 0.658. The number of hydrogen-bond donors (Lipinski definition) is 1. The molecule has 149 valence electrons. The molecule has 0 fully saturated rings. The summed E-state index contributed by atoms with van der Waals surface area (Å²) in [4.78, 5) is 22.4. The van der Waals surface area contributed by atoms with Crippen LogP contribution in [0.2, 0.25) is 0 Å². The number of carbonyl (C=O) groups is 1. The van der Waals surface area contributed by atoms with Crippen LogP contribution >= 0.6 is 0 Å². The lowest BCUT2D eigenvalue weighted by molar-refractivity contribution is 0.415. The van der Waals surface area contributed by atoms with E-state index in [1.807, 2.05) is 71.7 Å². The monoisotopic (exact) mass is 397 g/mol. The molecule has 0 spiro atoms. The topological polar surface area (TPSA) is 67.3 Å². The summed E-state index contributed by atoms with van der Waals surface area (Å²) < 4.78 is 5.32. The van der Waals surface area contributed by atoms with Crippen LogP contribution in [0.1, 0.15) is 18.7 Å². The van der Waals surface area contributed by atoms with Crippen molar-refractivity contribution in [2.24, 2.45) is 0 Å². The van der Waals surface area contributed by atoms with Gasteiger partial charge in [-0.2, -0.15) is 0 Å². The summed E-state index contributed by atoms with van der Waals surface area (Å²) in [5, 5.41) is 3.37. The number of carbonyl (C=O) groups excluding carboxylic acids is 1. The molecule has 0 aliphatic carbocycles. The Hall–Kier alpha value is -3.61. The highest BCUT2D eigenvalue weighted by Crippen LogP contribution is 2.28. The molecule has 7 heteroatoms. The van der Waals surface area contributed by atoms with E-state index in [1.165, 1.54) is 7.41 Å². The Labute approximate surface area is 176 Å². The molecule has 1 radical (unpaired) electrons. The third kappa shape index (κ3) is 4.68. The van der Waals surface area contributed by atoms with E-state index >= 15 is 0 Å². The first kappa shape index (κ1) is 19.7. The van der Waals surface area contributed by atoms with Gasteiger partial charge in [0.15, 0.2) is 5.82 Å².